The smallest absolute Gasteiger partial charge is 0.243 e. The molecule has 0 radical (unpaired) electrons. The molecule has 0 bridgehead atoms. The minimum absolute atomic E-state index is 0.0818. The van der Waals surface area contributed by atoms with Crippen LogP contribution in [-0.2, 0) is 10.0 Å². The predicted molar refractivity (Wildman–Crippen MR) is 122 cm³/mol. The van der Waals surface area contributed by atoms with Crippen LogP contribution in [0.15, 0.2) is 71.6 Å². The molecule has 6 nitrogen and oxygen atoms in total. The van der Waals surface area contributed by atoms with Gasteiger partial charge in [-0.3, -0.25) is 0 Å². The zero-order chi connectivity index (χ0) is 23.2. The van der Waals surface area contributed by atoms with Gasteiger partial charge in [0.25, 0.3) is 0 Å². The Labute approximate surface area is 192 Å². The first-order chi connectivity index (χ1) is 15.9. The molecule has 0 amide bonds. The standard InChI is InChI=1S/C25H22FN3O3S/c26-19-5-2-6-20(13-19)33(31,32)29-10-9-21-24(15-30)28-23-8-7-18(12-22(23)25(21)29)17-4-1-3-16(11-17)14-27/h1-8,11-13,21,24-25,28,30H,9-10,15H2/t21-,24+,25-/m0/s1. The Bertz CT molecular complexity index is 1370. The number of benzene rings is 3. The first kappa shape index (κ1) is 21.6. The topological polar surface area (TPSA) is 93.4 Å². The van der Waals surface area contributed by atoms with Crippen molar-refractivity contribution in [1.29, 1.82) is 5.26 Å². The van der Waals surface area contributed by atoms with Crippen molar-refractivity contribution in [2.45, 2.75) is 23.4 Å². The SMILES string of the molecule is N#Cc1cccc(-c2ccc3c(c2)[C@@H]2[C@@H](CCN2S(=O)(=O)c2cccc(F)c2)[C@@H](CO)N3)c1. The van der Waals surface area contributed by atoms with Gasteiger partial charge in [-0.2, -0.15) is 9.57 Å². The van der Waals surface area contributed by atoms with Crippen molar-refractivity contribution in [3.05, 3.63) is 83.7 Å². The lowest BCUT2D eigenvalue weighted by atomic mass is 9.82. The highest BCUT2D eigenvalue weighted by Crippen LogP contribution is 2.49. The highest BCUT2D eigenvalue weighted by molar-refractivity contribution is 7.89. The van der Waals surface area contributed by atoms with E-state index in [0.29, 0.717) is 12.0 Å². The zero-order valence-electron chi connectivity index (χ0n) is 17.6. The van der Waals surface area contributed by atoms with Crippen LogP contribution in [0.1, 0.15) is 23.6 Å². The van der Waals surface area contributed by atoms with Crippen molar-refractivity contribution >= 4 is 15.7 Å². The van der Waals surface area contributed by atoms with Crippen molar-refractivity contribution in [1.82, 2.24) is 4.31 Å². The van der Waals surface area contributed by atoms with E-state index in [-0.39, 0.29) is 30.0 Å². The van der Waals surface area contributed by atoms with E-state index in [1.165, 1.54) is 22.5 Å². The molecule has 1 fully saturated rings. The molecule has 0 unspecified atom stereocenters. The molecule has 3 aromatic carbocycles. The van der Waals surface area contributed by atoms with Gasteiger partial charge in [-0.1, -0.05) is 24.3 Å². The average molecular weight is 464 g/mol. The summed E-state index contributed by atoms with van der Waals surface area (Å²) in [7, 11) is -3.95. The summed E-state index contributed by atoms with van der Waals surface area (Å²) in [6.07, 6.45) is 0.574. The average Bonchev–Trinajstić information content (AvgIpc) is 3.30. The van der Waals surface area contributed by atoms with Crippen molar-refractivity contribution in [3.63, 3.8) is 0 Å². The molecule has 0 saturated carbocycles. The van der Waals surface area contributed by atoms with E-state index in [9.17, 15) is 23.2 Å². The van der Waals surface area contributed by atoms with Crippen LogP contribution >= 0.6 is 0 Å². The second-order valence-electron chi connectivity index (χ2n) is 8.40. The molecule has 1 saturated heterocycles. The normalized spacial score (nSPS) is 22.2. The maximum absolute atomic E-state index is 13.8. The molecular weight excluding hydrogens is 441 g/mol. The molecule has 3 aromatic rings. The van der Waals surface area contributed by atoms with E-state index in [1.54, 1.807) is 12.1 Å². The number of sulfonamides is 1. The van der Waals surface area contributed by atoms with Gasteiger partial charge in [-0.15, -0.1) is 0 Å². The summed E-state index contributed by atoms with van der Waals surface area (Å²) in [4.78, 5) is -0.0818. The van der Waals surface area contributed by atoms with Gasteiger partial charge in [0.05, 0.1) is 35.2 Å². The Balaban J connectivity index is 1.62. The van der Waals surface area contributed by atoms with Crippen LogP contribution in [0, 0.1) is 23.1 Å². The van der Waals surface area contributed by atoms with Gasteiger partial charge in [0.1, 0.15) is 5.82 Å². The minimum atomic E-state index is -3.95. The summed E-state index contributed by atoms with van der Waals surface area (Å²) in [5, 5.41) is 22.6. The Hall–Kier alpha value is -3.25. The van der Waals surface area contributed by atoms with Gasteiger partial charge >= 0.3 is 0 Å². The van der Waals surface area contributed by atoms with E-state index in [0.717, 1.165) is 28.4 Å². The van der Waals surface area contributed by atoms with Gasteiger partial charge in [-0.25, -0.2) is 12.8 Å². The summed E-state index contributed by atoms with van der Waals surface area (Å²) in [6, 6.07) is 19.4. The fourth-order valence-corrected chi connectivity index (χ4v) is 6.70. The van der Waals surface area contributed by atoms with E-state index < -0.39 is 21.9 Å². The lowest BCUT2D eigenvalue weighted by Crippen LogP contribution is -2.42. The molecule has 0 aliphatic carbocycles. The highest BCUT2D eigenvalue weighted by Gasteiger charge is 2.48. The number of rotatable bonds is 4. The van der Waals surface area contributed by atoms with Crippen LogP contribution in [0.5, 0.6) is 0 Å². The third kappa shape index (κ3) is 3.68. The Kier molecular flexibility index (Phi) is 5.41. The fraction of sp³-hybridized carbons (Fsp3) is 0.240. The van der Waals surface area contributed by atoms with Gasteiger partial charge in [0, 0.05) is 18.2 Å². The maximum Gasteiger partial charge on any atom is 0.243 e. The lowest BCUT2D eigenvalue weighted by Gasteiger charge is -2.39. The summed E-state index contributed by atoms with van der Waals surface area (Å²) in [5.41, 5.74) is 3.83. The number of hydrogen-bond acceptors (Lipinski definition) is 5. The number of aliphatic hydroxyl groups is 1. The Morgan fingerprint density at radius 1 is 1.09 bits per heavy atom. The molecule has 5 rings (SSSR count). The lowest BCUT2D eigenvalue weighted by molar-refractivity contribution is 0.210. The number of aliphatic hydroxyl groups excluding tert-OH is 1. The van der Waals surface area contributed by atoms with Crippen molar-refractivity contribution < 1.29 is 17.9 Å². The number of hydrogen-bond donors (Lipinski definition) is 2. The van der Waals surface area contributed by atoms with E-state index >= 15 is 0 Å². The molecule has 2 aliphatic rings. The maximum atomic E-state index is 13.8. The molecule has 2 aliphatic heterocycles. The summed E-state index contributed by atoms with van der Waals surface area (Å²) >= 11 is 0. The predicted octanol–water partition coefficient (Wildman–Crippen LogP) is 3.90. The number of nitrogens with one attached hydrogen (secondary N) is 1. The molecule has 0 spiro atoms. The summed E-state index contributed by atoms with van der Waals surface area (Å²) in [5.74, 6) is -0.739. The first-order valence-corrected chi connectivity index (χ1v) is 12.2. The zero-order valence-corrected chi connectivity index (χ0v) is 18.5. The molecule has 8 heteroatoms. The molecule has 2 heterocycles. The van der Waals surface area contributed by atoms with Crippen LogP contribution in [0.2, 0.25) is 0 Å². The summed E-state index contributed by atoms with van der Waals surface area (Å²) < 4.78 is 42.3. The molecule has 3 atom stereocenters. The van der Waals surface area contributed by atoms with E-state index in [1.807, 2.05) is 30.3 Å². The Morgan fingerprint density at radius 3 is 2.64 bits per heavy atom. The molecule has 168 valence electrons. The van der Waals surface area contributed by atoms with Crippen LogP contribution in [-0.4, -0.2) is 37.0 Å². The third-order valence-corrected chi connectivity index (χ3v) is 8.43. The molecule has 33 heavy (non-hydrogen) atoms. The van der Waals surface area contributed by atoms with Gasteiger partial charge in [0.15, 0.2) is 0 Å². The quantitative estimate of drug-likeness (QED) is 0.612. The second-order valence-corrected chi connectivity index (χ2v) is 10.3. The van der Waals surface area contributed by atoms with Crippen LogP contribution in [0.25, 0.3) is 11.1 Å². The number of nitrogens with zero attached hydrogens (tertiary/aromatic N) is 2. The van der Waals surface area contributed by atoms with E-state index in [2.05, 4.69) is 11.4 Å². The molecule has 2 N–H and O–H groups in total. The van der Waals surface area contributed by atoms with E-state index in [4.69, 9.17) is 0 Å². The Morgan fingerprint density at radius 2 is 1.88 bits per heavy atom. The number of nitriles is 1. The van der Waals surface area contributed by atoms with Crippen LogP contribution < -0.4 is 5.32 Å². The molecule has 0 aromatic heterocycles. The van der Waals surface area contributed by atoms with Crippen molar-refractivity contribution in [2.24, 2.45) is 5.92 Å². The third-order valence-electron chi connectivity index (χ3n) is 6.55. The first-order valence-electron chi connectivity index (χ1n) is 10.7. The largest absolute Gasteiger partial charge is 0.394 e. The fourth-order valence-electron chi connectivity index (χ4n) is 5.00. The van der Waals surface area contributed by atoms with Crippen LogP contribution in [0.3, 0.4) is 0 Å². The minimum Gasteiger partial charge on any atom is -0.394 e. The molecular formula is C25H22FN3O3S. The van der Waals surface area contributed by atoms with Gasteiger partial charge in [-0.05, 0) is 65.6 Å². The number of fused-ring (bicyclic) bond motifs is 3. The summed E-state index contributed by atoms with van der Waals surface area (Å²) in [6.45, 7) is 0.153. The van der Waals surface area contributed by atoms with Crippen LogP contribution in [0.4, 0.5) is 10.1 Å². The second kappa shape index (κ2) is 8.27. The van der Waals surface area contributed by atoms with Gasteiger partial charge in [0.2, 0.25) is 10.0 Å². The number of anilines is 1. The number of halogens is 1. The van der Waals surface area contributed by atoms with Crippen molar-refractivity contribution in [2.75, 3.05) is 18.5 Å². The van der Waals surface area contributed by atoms with Crippen molar-refractivity contribution in [3.8, 4) is 17.2 Å². The van der Waals surface area contributed by atoms with Gasteiger partial charge < -0.3 is 10.4 Å². The highest BCUT2D eigenvalue weighted by atomic mass is 32.2. The monoisotopic (exact) mass is 463 g/mol.